The number of aromatic nitrogens is 4. The molecule has 3 aromatic heterocycles. The van der Waals surface area contributed by atoms with Gasteiger partial charge in [-0.05, 0) is 67.7 Å². The van der Waals surface area contributed by atoms with Crippen molar-refractivity contribution in [3.8, 4) is 6.07 Å². The molecule has 1 N–H and O–H groups in total. The monoisotopic (exact) mass is 480 g/mol. The van der Waals surface area contributed by atoms with Gasteiger partial charge in [0.1, 0.15) is 17.1 Å². The van der Waals surface area contributed by atoms with Gasteiger partial charge < -0.3 is 15.1 Å². The quantitative estimate of drug-likeness (QED) is 0.563. The lowest BCUT2D eigenvalue weighted by Crippen LogP contribution is -2.35. The van der Waals surface area contributed by atoms with Crippen LogP contribution in [0.2, 0.25) is 0 Å². The van der Waals surface area contributed by atoms with Crippen molar-refractivity contribution in [3.63, 3.8) is 0 Å². The van der Waals surface area contributed by atoms with Gasteiger partial charge >= 0.3 is 0 Å². The van der Waals surface area contributed by atoms with Gasteiger partial charge in [-0.3, -0.25) is 4.79 Å². The van der Waals surface area contributed by atoms with E-state index in [0.29, 0.717) is 30.5 Å². The number of amides is 1. The van der Waals surface area contributed by atoms with E-state index in [-0.39, 0.29) is 11.8 Å². The fourth-order valence-electron chi connectivity index (χ4n) is 5.51. The Hall–Kier alpha value is -4.06. The van der Waals surface area contributed by atoms with Crippen molar-refractivity contribution in [2.75, 3.05) is 34.8 Å². The molecular weight excluding hydrogens is 452 g/mol. The number of pyridine rings is 2. The van der Waals surface area contributed by atoms with Crippen molar-refractivity contribution < 1.29 is 4.79 Å². The van der Waals surface area contributed by atoms with Crippen LogP contribution in [0.25, 0.3) is 0 Å². The maximum atomic E-state index is 13.1. The van der Waals surface area contributed by atoms with Crippen molar-refractivity contribution in [2.24, 2.45) is 11.3 Å². The van der Waals surface area contributed by atoms with Crippen molar-refractivity contribution in [2.45, 2.75) is 38.0 Å². The van der Waals surface area contributed by atoms with Gasteiger partial charge in [0, 0.05) is 56.2 Å². The average Bonchev–Trinajstić information content (AvgIpc) is 3.73. The fraction of sp³-hybridized carbons (Fsp3) is 0.407. The van der Waals surface area contributed by atoms with Gasteiger partial charge in [-0.15, -0.1) is 0 Å². The Kier molecular flexibility index (Phi) is 5.72. The molecule has 3 fully saturated rings. The molecule has 1 atom stereocenters. The Morgan fingerprint density at radius 3 is 2.44 bits per heavy atom. The third kappa shape index (κ3) is 4.13. The highest BCUT2D eigenvalue weighted by Crippen LogP contribution is 2.52. The number of hydrogen-bond donors (Lipinski definition) is 1. The van der Waals surface area contributed by atoms with Gasteiger partial charge in [0.15, 0.2) is 0 Å². The molecule has 2 saturated heterocycles. The highest BCUT2D eigenvalue weighted by Gasteiger charge is 2.56. The van der Waals surface area contributed by atoms with E-state index in [1.165, 1.54) is 5.56 Å². The van der Waals surface area contributed by atoms with Gasteiger partial charge in [0.25, 0.3) is 0 Å². The number of piperidine rings is 1. The van der Waals surface area contributed by atoms with Crippen LogP contribution in [0.3, 0.4) is 0 Å². The van der Waals surface area contributed by atoms with Crippen LogP contribution in [-0.4, -0.2) is 45.5 Å². The SMILES string of the molecule is N#C[C@@]1(C2CC2)CCN(c2ccnc(Nc3ccc(C4CCN(c5ncccn5)CC4)cn3)c2)C1=O. The molecule has 3 aromatic rings. The first-order valence-electron chi connectivity index (χ1n) is 12.6. The molecule has 0 aromatic carbocycles. The lowest BCUT2D eigenvalue weighted by atomic mass is 9.83. The van der Waals surface area contributed by atoms with E-state index in [0.717, 1.165) is 50.4 Å². The number of nitrogens with one attached hydrogen (secondary N) is 1. The molecule has 9 nitrogen and oxygen atoms in total. The van der Waals surface area contributed by atoms with Crippen molar-refractivity contribution in [1.29, 1.82) is 5.26 Å². The van der Waals surface area contributed by atoms with E-state index >= 15 is 0 Å². The second kappa shape index (κ2) is 9.19. The molecule has 0 bridgehead atoms. The summed E-state index contributed by atoms with van der Waals surface area (Å²) in [5.74, 6) is 2.72. The number of nitriles is 1. The van der Waals surface area contributed by atoms with Gasteiger partial charge in [-0.2, -0.15) is 5.26 Å². The molecule has 182 valence electrons. The fourth-order valence-corrected chi connectivity index (χ4v) is 5.51. The zero-order chi connectivity index (χ0) is 24.5. The molecule has 6 rings (SSSR count). The predicted octanol–water partition coefficient (Wildman–Crippen LogP) is 4.05. The Bertz CT molecular complexity index is 1280. The normalized spacial score (nSPS) is 22.5. The molecule has 0 spiro atoms. The van der Waals surface area contributed by atoms with Gasteiger partial charge in [0.05, 0.1) is 6.07 Å². The molecule has 1 saturated carbocycles. The molecule has 1 aliphatic carbocycles. The molecule has 2 aliphatic heterocycles. The summed E-state index contributed by atoms with van der Waals surface area (Å²) >= 11 is 0. The molecule has 5 heterocycles. The minimum absolute atomic E-state index is 0.0722. The lowest BCUT2D eigenvalue weighted by Gasteiger charge is -2.32. The van der Waals surface area contributed by atoms with E-state index in [1.54, 1.807) is 23.5 Å². The summed E-state index contributed by atoms with van der Waals surface area (Å²) in [6, 6.07) is 12.0. The Morgan fingerprint density at radius 2 is 1.75 bits per heavy atom. The number of carbonyl (C=O) groups is 1. The van der Waals surface area contributed by atoms with E-state index < -0.39 is 5.41 Å². The summed E-state index contributed by atoms with van der Waals surface area (Å²) < 4.78 is 0. The Balaban J connectivity index is 1.09. The first-order chi connectivity index (χ1) is 17.7. The second-order valence-electron chi connectivity index (χ2n) is 9.88. The largest absolute Gasteiger partial charge is 0.341 e. The van der Waals surface area contributed by atoms with Crippen LogP contribution in [0.4, 0.5) is 23.3 Å². The summed E-state index contributed by atoms with van der Waals surface area (Å²) in [6.45, 7) is 2.41. The zero-order valence-corrected chi connectivity index (χ0v) is 20.0. The summed E-state index contributed by atoms with van der Waals surface area (Å²) in [5, 5.41) is 13.0. The third-order valence-electron chi connectivity index (χ3n) is 7.73. The highest BCUT2D eigenvalue weighted by atomic mass is 16.2. The Morgan fingerprint density at radius 1 is 0.944 bits per heavy atom. The third-order valence-corrected chi connectivity index (χ3v) is 7.73. The second-order valence-corrected chi connectivity index (χ2v) is 9.88. The minimum Gasteiger partial charge on any atom is -0.341 e. The van der Waals surface area contributed by atoms with E-state index in [9.17, 15) is 10.1 Å². The smallest absolute Gasteiger partial charge is 0.247 e. The van der Waals surface area contributed by atoms with Crippen molar-refractivity contribution in [3.05, 3.63) is 60.7 Å². The minimum atomic E-state index is -0.849. The molecule has 0 unspecified atom stereocenters. The molecule has 3 aliphatic rings. The lowest BCUT2D eigenvalue weighted by molar-refractivity contribution is -0.123. The molecular formula is C27H28N8O. The van der Waals surface area contributed by atoms with E-state index in [2.05, 4.69) is 42.3 Å². The first-order valence-corrected chi connectivity index (χ1v) is 12.6. The van der Waals surface area contributed by atoms with Gasteiger partial charge in [0.2, 0.25) is 11.9 Å². The standard InChI is InChI=1S/C27H28N8O/c28-18-27(21-3-4-21)9-15-35(25(27)36)22-6-12-29-24(16-22)33-23-5-2-20(17-32-23)19-7-13-34(14-8-19)26-30-10-1-11-31-26/h1-2,5-6,10-12,16-17,19,21H,3-4,7-9,13-15H2,(H,29,32,33)/t27-/m1/s1. The van der Waals surface area contributed by atoms with Crippen LogP contribution < -0.4 is 15.1 Å². The summed E-state index contributed by atoms with van der Waals surface area (Å²) in [4.78, 5) is 34.9. The first kappa shape index (κ1) is 22.4. The van der Waals surface area contributed by atoms with Crippen LogP contribution >= 0.6 is 0 Å². The maximum absolute atomic E-state index is 13.1. The molecule has 9 heteroatoms. The molecule has 1 amide bonds. The van der Waals surface area contributed by atoms with E-state index in [1.807, 2.05) is 30.5 Å². The summed E-state index contributed by atoms with van der Waals surface area (Å²) in [5.41, 5.74) is 1.14. The molecule has 36 heavy (non-hydrogen) atoms. The summed E-state index contributed by atoms with van der Waals surface area (Å²) in [7, 11) is 0. The van der Waals surface area contributed by atoms with E-state index in [4.69, 9.17) is 0 Å². The van der Waals surface area contributed by atoms with Crippen LogP contribution in [-0.2, 0) is 4.79 Å². The van der Waals surface area contributed by atoms with Crippen molar-refractivity contribution >= 4 is 29.2 Å². The van der Waals surface area contributed by atoms with Gasteiger partial charge in [-0.1, -0.05) is 6.07 Å². The van der Waals surface area contributed by atoms with Crippen LogP contribution in [0.15, 0.2) is 55.1 Å². The van der Waals surface area contributed by atoms with Crippen LogP contribution in [0.5, 0.6) is 0 Å². The van der Waals surface area contributed by atoms with Gasteiger partial charge in [-0.25, -0.2) is 19.9 Å². The number of hydrogen-bond acceptors (Lipinski definition) is 8. The number of anilines is 4. The van der Waals surface area contributed by atoms with Crippen LogP contribution in [0.1, 0.15) is 43.6 Å². The number of nitrogens with zero attached hydrogens (tertiary/aromatic N) is 7. The maximum Gasteiger partial charge on any atom is 0.247 e. The predicted molar refractivity (Wildman–Crippen MR) is 136 cm³/mol. The zero-order valence-electron chi connectivity index (χ0n) is 20.0. The molecule has 0 radical (unpaired) electrons. The number of rotatable bonds is 6. The van der Waals surface area contributed by atoms with Crippen LogP contribution in [0, 0.1) is 22.7 Å². The average molecular weight is 481 g/mol. The topological polar surface area (TPSA) is 111 Å². The number of carbonyl (C=O) groups excluding carboxylic acids is 1. The summed E-state index contributed by atoms with van der Waals surface area (Å²) in [6.07, 6.45) is 11.8. The Labute approximate surface area is 210 Å². The highest BCUT2D eigenvalue weighted by molar-refractivity contribution is 6.02. The van der Waals surface area contributed by atoms with Crippen molar-refractivity contribution in [1.82, 2.24) is 19.9 Å².